The van der Waals surface area contributed by atoms with E-state index in [1.54, 1.807) is 11.3 Å². The Hall–Kier alpha value is -1.95. The first kappa shape index (κ1) is 15.6. The topological polar surface area (TPSA) is 64.1 Å². The molecule has 1 aliphatic heterocycles. The average molecular weight is 343 g/mol. The molecular weight excluding hydrogens is 322 g/mol. The number of amides is 1. The van der Waals surface area contributed by atoms with Crippen LogP contribution in [0.1, 0.15) is 48.2 Å². The van der Waals surface area contributed by atoms with Gasteiger partial charge in [-0.25, -0.2) is 0 Å². The summed E-state index contributed by atoms with van der Waals surface area (Å²) in [5.74, 6) is 1.47. The van der Waals surface area contributed by atoms with Gasteiger partial charge in [0.1, 0.15) is 15.8 Å². The van der Waals surface area contributed by atoms with Crippen LogP contribution < -0.4 is 10.1 Å². The van der Waals surface area contributed by atoms with Gasteiger partial charge in [-0.1, -0.05) is 43.4 Å². The molecule has 2 aliphatic rings. The van der Waals surface area contributed by atoms with Crippen molar-refractivity contribution >= 4 is 17.2 Å². The first-order chi connectivity index (χ1) is 11.6. The van der Waals surface area contributed by atoms with Crippen molar-refractivity contribution < 1.29 is 9.53 Å². The predicted molar refractivity (Wildman–Crippen MR) is 92.2 cm³/mol. The summed E-state index contributed by atoms with van der Waals surface area (Å²) in [6.45, 7) is 5.35. The summed E-state index contributed by atoms with van der Waals surface area (Å²) in [5, 5.41) is 13.3. The van der Waals surface area contributed by atoms with E-state index in [1.165, 1.54) is 5.56 Å². The van der Waals surface area contributed by atoms with Crippen LogP contribution in [0.5, 0.6) is 5.75 Å². The van der Waals surface area contributed by atoms with Gasteiger partial charge in [0.05, 0.1) is 13.2 Å². The van der Waals surface area contributed by atoms with Crippen LogP contribution in [0.25, 0.3) is 0 Å². The zero-order valence-corrected chi connectivity index (χ0v) is 14.7. The highest BCUT2D eigenvalue weighted by Crippen LogP contribution is 2.60. The lowest BCUT2D eigenvalue weighted by Gasteiger charge is -2.26. The van der Waals surface area contributed by atoms with Gasteiger partial charge in [0.25, 0.3) is 0 Å². The van der Waals surface area contributed by atoms with E-state index >= 15 is 0 Å². The molecule has 24 heavy (non-hydrogen) atoms. The molecule has 0 saturated heterocycles. The predicted octanol–water partition coefficient (Wildman–Crippen LogP) is 3.02. The number of benzene rings is 1. The Kier molecular flexibility index (Phi) is 3.79. The fourth-order valence-corrected chi connectivity index (χ4v) is 4.35. The van der Waals surface area contributed by atoms with E-state index in [4.69, 9.17) is 4.74 Å². The van der Waals surface area contributed by atoms with Crippen molar-refractivity contribution in [3.8, 4) is 5.75 Å². The van der Waals surface area contributed by atoms with Crippen LogP contribution in [0.4, 0.5) is 0 Å². The molecule has 1 aliphatic carbocycles. The van der Waals surface area contributed by atoms with E-state index in [-0.39, 0.29) is 17.2 Å². The number of rotatable bonds is 4. The van der Waals surface area contributed by atoms with E-state index in [9.17, 15) is 4.79 Å². The van der Waals surface area contributed by atoms with E-state index in [1.807, 2.05) is 18.2 Å². The van der Waals surface area contributed by atoms with Crippen LogP contribution >= 0.6 is 11.3 Å². The number of nitrogens with one attached hydrogen (secondary N) is 1. The van der Waals surface area contributed by atoms with Crippen LogP contribution in [0, 0.1) is 5.92 Å². The molecule has 1 spiro atoms. The maximum Gasteiger partial charge on any atom is 0.224 e. The maximum absolute atomic E-state index is 12.6. The molecule has 1 saturated carbocycles. The number of fused-ring (bicyclic) bond motifs is 2. The van der Waals surface area contributed by atoms with Crippen molar-refractivity contribution in [3.63, 3.8) is 0 Å². The van der Waals surface area contributed by atoms with E-state index in [0.717, 1.165) is 28.6 Å². The Bertz CT molecular complexity index is 773. The molecule has 1 N–H and O–H groups in total. The molecule has 2 atom stereocenters. The monoisotopic (exact) mass is 343 g/mol. The number of aromatic nitrogens is 2. The molecule has 1 aromatic carbocycles. The summed E-state index contributed by atoms with van der Waals surface area (Å²) < 4.78 is 5.73. The van der Waals surface area contributed by atoms with Gasteiger partial charge in [0.2, 0.25) is 5.91 Å². The van der Waals surface area contributed by atoms with E-state index in [0.29, 0.717) is 19.1 Å². The van der Waals surface area contributed by atoms with Gasteiger partial charge in [0, 0.05) is 22.8 Å². The SMILES string of the molecule is CC(C)c1nnc(CNC(=O)[C@H]2C[C@@]23CCOc2ccccc23)s1. The summed E-state index contributed by atoms with van der Waals surface area (Å²) in [5.41, 5.74) is 1.16. The third kappa shape index (κ3) is 2.59. The Balaban J connectivity index is 1.42. The van der Waals surface area contributed by atoms with Crippen LogP contribution in [-0.2, 0) is 16.8 Å². The van der Waals surface area contributed by atoms with Crippen molar-refractivity contribution in [2.24, 2.45) is 5.92 Å². The summed E-state index contributed by atoms with van der Waals surface area (Å²) >= 11 is 1.57. The van der Waals surface area contributed by atoms with Crippen molar-refractivity contribution in [2.45, 2.75) is 44.6 Å². The number of ether oxygens (including phenoxy) is 1. The summed E-state index contributed by atoms with van der Waals surface area (Å²) in [6.07, 6.45) is 1.82. The molecule has 5 nitrogen and oxygen atoms in total. The number of carbonyl (C=O) groups excluding carboxylic acids is 1. The quantitative estimate of drug-likeness (QED) is 0.927. The number of nitrogens with zero attached hydrogens (tertiary/aromatic N) is 2. The molecule has 2 aromatic rings. The van der Waals surface area contributed by atoms with Crippen molar-refractivity contribution in [3.05, 3.63) is 39.8 Å². The lowest BCUT2D eigenvalue weighted by Crippen LogP contribution is -2.30. The smallest absolute Gasteiger partial charge is 0.224 e. The highest BCUT2D eigenvalue weighted by molar-refractivity contribution is 7.11. The standard InChI is InChI=1S/C18H21N3O2S/c1-11(2)17-21-20-15(24-17)10-19-16(22)13-9-18(13)7-8-23-14-6-4-3-5-12(14)18/h3-6,11,13H,7-10H2,1-2H3,(H,19,22)/t13-,18-/m1/s1. The normalized spacial score (nSPS) is 24.5. The third-order valence-electron chi connectivity index (χ3n) is 5.01. The number of para-hydroxylation sites is 1. The van der Waals surface area contributed by atoms with Crippen molar-refractivity contribution in [1.82, 2.24) is 15.5 Å². The molecule has 2 heterocycles. The van der Waals surface area contributed by atoms with Crippen LogP contribution in [-0.4, -0.2) is 22.7 Å². The largest absolute Gasteiger partial charge is 0.493 e. The van der Waals surface area contributed by atoms with Crippen LogP contribution in [0.15, 0.2) is 24.3 Å². The third-order valence-corrected chi connectivity index (χ3v) is 6.24. The molecule has 0 radical (unpaired) electrons. The lowest BCUT2D eigenvalue weighted by molar-refractivity contribution is -0.123. The Morgan fingerprint density at radius 2 is 2.25 bits per heavy atom. The number of hydrogen-bond acceptors (Lipinski definition) is 5. The minimum Gasteiger partial charge on any atom is -0.493 e. The van der Waals surface area contributed by atoms with Crippen molar-refractivity contribution in [2.75, 3.05) is 6.61 Å². The van der Waals surface area contributed by atoms with E-state index in [2.05, 4.69) is 35.4 Å². The minimum atomic E-state index is -0.0247. The van der Waals surface area contributed by atoms with Gasteiger partial charge >= 0.3 is 0 Å². The molecule has 1 amide bonds. The van der Waals surface area contributed by atoms with Gasteiger partial charge in [-0.3, -0.25) is 4.79 Å². The average Bonchev–Trinajstić information content (AvgIpc) is 3.09. The van der Waals surface area contributed by atoms with Gasteiger partial charge in [-0.15, -0.1) is 10.2 Å². The minimum absolute atomic E-state index is 0.0247. The zero-order valence-electron chi connectivity index (χ0n) is 13.9. The summed E-state index contributed by atoms with van der Waals surface area (Å²) in [6, 6.07) is 8.11. The Morgan fingerprint density at radius 1 is 1.42 bits per heavy atom. The molecule has 4 rings (SSSR count). The zero-order chi connectivity index (χ0) is 16.7. The second-order valence-corrected chi connectivity index (χ2v) is 8.01. The summed E-state index contributed by atoms with van der Waals surface area (Å²) in [7, 11) is 0. The van der Waals surface area contributed by atoms with Crippen LogP contribution in [0.2, 0.25) is 0 Å². The molecule has 6 heteroatoms. The van der Waals surface area contributed by atoms with Gasteiger partial charge in [0.15, 0.2) is 0 Å². The number of hydrogen-bond donors (Lipinski definition) is 1. The van der Waals surface area contributed by atoms with Gasteiger partial charge < -0.3 is 10.1 Å². The second kappa shape index (κ2) is 5.84. The Labute approximate surface area is 145 Å². The van der Waals surface area contributed by atoms with Gasteiger partial charge in [-0.05, 0) is 18.9 Å². The van der Waals surface area contributed by atoms with E-state index < -0.39 is 0 Å². The van der Waals surface area contributed by atoms with Crippen LogP contribution in [0.3, 0.4) is 0 Å². The highest BCUT2D eigenvalue weighted by Gasteiger charge is 2.60. The maximum atomic E-state index is 12.6. The second-order valence-electron chi connectivity index (χ2n) is 6.91. The Morgan fingerprint density at radius 3 is 3.04 bits per heavy atom. The molecule has 126 valence electrons. The molecular formula is C18H21N3O2S. The fraction of sp³-hybridized carbons (Fsp3) is 0.500. The fourth-order valence-electron chi connectivity index (χ4n) is 3.56. The summed E-state index contributed by atoms with van der Waals surface area (Å²) in [4.78, 5) is 12.6. The van der Waals surface area contributed by atoms with Crippen molar-refractivity contribution in [1.29, 1.82) is 0 Å². The first-order valence-corrected chi connectivity index (χ1v) is 9.24. The molecule has 1 fully saturated rings. The molecule has 1 aromatic heterocycles. The number of carbonyl (C=O) groups is 1. The first-order valence-electron chi connectivity index (χ1n) is 8.42. The lowest BCUT2D eigenvalue weighted by atomic mass is 9.87. The molecule has 0 bridgehead atoms. The highest BCUT2D eigenvalue weighted by atomic mass is 32.1. The van der Waals surface area contributed by atoms with Gasteiger partial charge in [-0.2, -0.15) is 0 Å². The molecule has 0 unspecified atom stereocenters.